The highest BCUT2D eigenvalue weighted by atomic mass is 32.2. The summed E-state index contributed by atoms with van der Waals surface area (Å²) in [7, 11) is 0. The summed E-state index contributed by atoms with van der Waals surface area (Å²) in [5.74, 6) is 2.82. The summed E-state index contributed by atoms with van der Waals surface area (Å²) in [6, 6.07) is 18.4. The van der Waals surface area contributed by atoms with Crippen LogP contribution in [0.25, 0.3) is 33.7 Å². The Kier molecular flexibility index (Phi) is 4.06. The lowest BCUT2D eigenvalue weighted by Gasteiger charge is -2.01. The van der Waals surface area contributed by atoms with Crippen LogP contribution in [0.15, 0.2) is 74.4 Å². The predicted octanol–water partition coefficient (Wildman–Crippen LogP) is 4.81. The zero-order valence-corrected chi connectivity index (χ0v) is 15.1. The van der Waals surface area contributed by atoms with Crippen molar-refractivity contribution >= 4 is 34.5 Å². The first-order chi connectivity index (χ1) is 13.3. The summed E-state index contributed by atoms with van der Waals surface area (Å²) in [6.45, 7) is 0. The second-order valence-electron chi connectivity index (χ2n) is 6.15. The number of fused-ring (bicyclic) bond motifs is 1. The molecule has 1 aliphatic heterocycles. The van der Waals surface area contributed by atoms with Crippen LogP contribution in [0.4, 0.5) is 0 Å². The molecule has 1 N–H and O–H groups in total. The van der Waals surface area contributed by atoms with E-state index in [9.17, 15) is 0 Å². The Morgan fingerprint density at radius 2 is 1.89 bits per heavy atom. The van der Waals surface area contributed by atoms with E-state index in [2.05, 4.69) is 55.7 Å². The average Bonchev–Trinajstić information content (AvgIpc) is 3.47. The number of hydrogen-bond acceptors (Lipinski definition) is 6. The maximum Gasteiger partial charge on any atom is 0.209 e. The molecule has 4 aromatic rings. The highest BCUT2D eigenvalue weighted by Crippen LogP contribution is 2.29. The van der Waals surface area contributed by atoms with Crippen molar-refractivity contribution in [3.8, 4) is 22.9 Å². The molecule has 0 saturated heterocycles. The number of rotatable bonds is 5. The van der Waals surface area contributed by atoms with Gasteiger partial charge in [0, 0.05) is 24.0 Å². The van der Waals surface area contributed by atoms with Crippen LogP contribution in [0.3, 0.4) is 0 Å². The number of nitrogens with zero attached hydrogens (tertiary/aromatic N) is 4. The van der Waals surface area contributed by atoms with Gasteiger partial charge in [-0.3, -0.25) is 5.10 Å². The van der Waals surface area contributed by atoms with Gasteiger partial charge in [0.2, 0.25) is 5.16 Å². The molecule has 0 amide bonds. The van der Waals surface area contributed by atoms with Crippen molar-refractivity contribution in [3.05, 3.63) is 54.6 Å². The van der Waals surface area contributed by atoms with Crippen LogP contribution >= 0.6 is 11.8 Å². The average molecular weight is 373 g/mol. The molecule has 2 aromatic carbocycles. The number of furan rings is 1. The lowest BCUT2D eigenvalue weighted by Crippen LogP contribution is -1.98. The van der Waals surface area contributed by atoms with Gasteiger partial charge in [0.05, 0.1) is 5.71 Å². The fourth-order valence-corrected chi connectivity index (χ4v) is 3.67. The van der Waals surface area contributed by atoms with Crippen LogP contribution in [-0.4, -0.2) is 32.9 Å². The van der Waals surface area contributed by atoms with E-state index in [0.29, 0.717) is 16.7 Å². The lowest BCUT2D eigenvalue weighted by molar-refractivity contribution is 0.592. The molecule has 0 aliphatic carbocycles. The van der Waals surface area contributed by atoms with Crippen molar-refractivity contribution in [2.24, 2.45) is 10.2 Å². The van der Waals surface area contributed by atoms with E-state index in [0.717, 1.165) is 29.2 Å². The molecule has 27 heavy (non-hydrogen) atoms. The first-order valence-electron chi connectivity index (χ1n) is 8.57. The Morgan fingerprint density at radius 3 is 2.78 bits per heavy atom. The van der Waals surface area contributed by atoms with Gasteiger partial charge in [0.15, 0.2) is 11.6 Å². The molecule has 5 rings (SSSR count). The van der Waals surface area contributed by atoms with Gasteiger partial charge in [0.1, 0.15) is 5.76 Å². The number of thioether (sulfide) groups is 1. The minimum absolute atomic E-state index is 0.620. The molecule has 0 unspecified atom stereocenters. The minimum Gasteiger partial charge on any atom is -0.453 e. The zero-order valence-electron chi connectivity index (χ0n) is 14.3. The van der Waals surface area contributed by atoms with Gasteiger partial charge in [-0.15, -0.1) is 5.10 Å². The SMILES string of the molecule is C1=NN=C(CSc2n[nH]c(-c3ccc(-c4ccc5ccccc5c4)o3)n2)C1. The predicted molar refractivity (Wildman–Crippen MR) is 108 cm³/mol. The molecule has 0 bridgehead atoms. The number of benzene rings is 2. The molecule has 0 saturated carbocycles. The third kappa shape index (κ3) is 3.29. The maximum atomic E-state index is 6.01. The molecular formula is C20H15N5OS. The van der Waals surface area contributed by atoms with Crippen LogP contribution in [0.5, 0.6) is 0 Å². The molecule has 7 heteroatoms. The molecule has 132 valence electrons. The monoisotopic (exact) mass is 373 g/mol. The van der Waals surface area contributed by atoms with Crippen molar-refractivity contribution in [1.29, 1.82) is 0 Å². The molecule has 0 atom stereocenters. The third-order valence-corrected chi connectivity index (χ3v) is 5.23. The van der Waals surface area contributed by atoms with Crippen LogP contribution in [0.1, 0.15) is 6.42 Å². The number of aromatic nitrogens is 3. The zero-order chi connectivity index (χ0) is 18.1. The lowest BCUT2D eigenvalue weighted by atomic mass is 10.1. The van der Waals surface area contributed by atoms with E-state index in [-0.39, 0.29) is 0 Å². The Balaban J connectivity index is 1.35. The fraction of sp³-hybridized carbons (Fsp3) is 0.100. The van der Waals surface area contributed by atoms with Crippen molar-refractivity contribution in [1.82, 2.24) is 15.2 Å². The summed E-state index contributed by atoms with van der Waals surface area (Å²) in [5, 5.41) is 18.2. The molecule has 0 fully saturated rings. The summed E-state index contributed by atoms with van der Waals surface area (Å²) in [6.07, 6.45) is 2.61. The summed E-state index contributed by atoms with van der Waals surface area (Å²) < 4.78 is 6.01. The van der Waals surface area contributed by atoms with E-state index in [1.807, 2.05) is 24.3 Å². The largest absolute Gasteiger partial charge is 0.453 e. The molecule has 3 heterocycles. The normalized spacial score (nSPS) is 13.4. The van der Waals surface area contributed by atoms with Gasteiger partial charge >= 0.3 is 0 Å². The number of nitrogens with one attached hydrogen (secondary N) is 1. The Bertz CT molecular complexity index is 1170. The van der Waals surface area contributed by atoms with E-state index in [1.54, 1.807) is 6.21 Å². The van der Waals surface area contributed by atoms with Crippen LogP contribution in [-0.2, 0) is 0 Å². The number of aromatic amines is 1. The quantitative estimate of drug-likeness (QED) is 0.509. The van der Waals surface area contributed by atoms with Gasteiger partial charge in [-0.25, -0.2) is 0 Å². The maximum absolute atomic E-state index is 6.01. The first-order valence-corrected chi connectivity index (χ1v) is 9.55. The highest BCUT2D eigenvalue weighted by Gasteiger charge is 2.13. The second kappa shape index (κ2) is 6.85. The van der Waals surface area contributed by atoms with Crippen molar-refractivity contribution in [3.63, 3.8) is 0 Å². The number of H-pyrrole nitrogens is 1. The molecule has 0 spiro atoms. The van der Waals surface area contributed by atoms with Gasteiger partial charge in [-0.1, -0.05) is 48.2 Å². The fourth-order valence-electron chi connectivity index (χ4n) is 2.93. The van der Waals surface area contributed by atoms with E-state index < -0.39 is 0 Å². The van der Waals surface area contributed by atoms with Crippen molar-refractivity contribution < 1.29 is 4.42 Å². The summed E-state index contributed by atoms with van der Waals surface area (Å²) >= 11 is 1.53. The molecular weight excluding hydrogens is 358 g/mol. The van der Waals surface area contributed by atoms with Gasteiger partial charge in [-0.2, -0.15) is 15.2 Å². The van der Waals surface area contributed by atoms with E-state index in [4.69, 9.17) is 4.42 Å². The Labute approximate surface area is 159 Å². The highest BCUT2D eigenvalue weighted by molar-refractivity contribution is 7.99. The Morgan fingerprint density at radius 1 is 1.00 bits per heavy atom. The van der Waals surface area contributed by atoms with Crippen molar-refractivity contribution in [2.45, 2.75) is 11.6 Å². The van der Waals surface area contributed by atoms with Gasteiger partial charge in [-0.05, 0) is 29.0 Å². The standard InChI is InChI=1S/C20H15N5OS/c1-2-4-14-11-15(6-5-13(14)3-1)17-7-8-18(26-17)19-22-20(25-24-19)27-12-16-9-10-21-23-16/h1-8,10-11H,9,12H2,(H,22,24,25). The van der Waals surface area contributed by atoms with Crippen LogP contribution in [0.2, 0.25) is 0 Å². The van der Waals surface area contributed by atoms with Crippen LogP contribution in [0, 0.1) is 0 Å². The van der Waals surface area contributed by atoms with Crippen molar-refractivity contribution in [2.75, 3.05) is 5.75 Å². The van der Waals surface area contributed by atoms with E-state index in [1.165, 1.54) is 22.5 Å². The topological polar surface area (TPSA) is 79.4 Å². The summed E-state index contributed by atoms with van der Waals surface area (Å²) in [4.78, 5) is 4.51. The summed E-state index contributed by atoms with van der Waals surface area (Å²) in [5.41, 5.74) is 2.07. The smallest absolute Gasteiger partial charge is 0.209 e. The molecule has 0 radical (unpaired) electrons. The Hall–Kier alpha value is -3.19. The van der Waals surface area contributed by atoms with Gasteiger partial charge < -0.3 is 4.42 Å². The van der Waals surface area contributed by atoms with Crippen LogP contribution < -0.4 is 0 Å². The molecule has 6 nitrogen and oxygen atoms in total. The minimum atomic E-state index is 0.620. The molecule has 2 aromatic heterocycles. The second-order valence-corrected chi connectivity index (χ2v) is 7.09. The number of hydrogen-bond donors (Lipinski definition) is 1. The van der Waals surface area contributed by atoms with E-state index >= 15 is 0 Å². The molecule has 1 aliphatic rings. The third-order valence-electron chi connectivity index (χ3n) is 4.31. The van der Waals surface area contributed by atoms with Gasteiger partial charge in [0.25, 0.3) is 0 Å². The first kappa shape index (κ1) is 16.0.